The lowest BCUT2D eigenvalue weighted by molar-refractivity contribution is 0.0688. The van der Waals surface area contributed by atoms with Gasteiger partial charge >= 0.3 is 0 Å². The van der Waals surface area contributed by atoms with E-state index >= 15 is 0 Å². The number of rotatable bonds is 10. The van der Waals surface area contributed by atoms with Crippen molar-refractivity contribution < 1.29 is 14.9 Å². The molecule has 1 aromatic rings. The topological polar surface area (TPSA) is 75.7 Å². The van der Waals surface area contributed by atoms with Crippen molar-refractivity contribution in [3.05, 3.63) is 29.3 Å². The maximum absolute atomic E-state index is 9.56. The molecule has 0 saturated heterocycles. The van der Waals surface area contributed by atoms with E-state index < -0.39 is 5.54 Å². The summed E-state index contributed by atoms with van der Waals surface area (Å²) in [7, 11) is 0. The fourth-order valence-corrected chi connectivity index (χ4v) is 3.75. The van der Waals surface area contributed by atoms with E-state index in [0.717, 1.165) is 44.5 Å². The highest BCUT2D eigenvalue weighted by Crippen LogP contribution is 2.32. The fourth-order valence-electron chi connectivity index (χ4n) is 3.75. The van der Waals surface area contributed by atoms with Crippen molar-refractivity contribution in [2.45, 2.75) is 70.3 Å². The monoisotopic (exact) mass is 349 g/mol. The summed E-state index contributed by atoms with van der Waals surface area (Å²) in [6.07, 6.45) is 9.88. The minimum atomic E-state index is -0.875. The Morgan fingerprint density at radius 2 is 1.72 bits per heavy atom. The second kappa shape index (κ2) is 10.1. The molecule has 0 saturated carbocycles. The molecule has 4 N–H and O–H groups in total. The van der Waals surface area contributed by atoms with Gasteiger partial charge in [0, 0.05) is 0 Å². The molecule has 0 aliphatic heterocycles. The summed E-state index contributed by atoms with van der Waals surface area (Å²) in [5.74, 6) is 1.09. The minimum absolute atomic E-state index is 0.137. The summed E-state index contributed by atoms with van der Waals surface area (Å²) in [6, 6.07) is 6.40. The fraction of sp³-hybridized carbons (Fsp3) is 0.714. The quantitative estimate of drug-likeness (QED) is 0.448. The van der Waals surface area contributed by atoms with E-state index in [2.05, 4.69) is 25.1 Å². The number of hydrogen-bond donors (Lipinski definition) is 3. The van der Waals surface area contributed by atoms with Gasteiger partial charge in [-0.2, -0.15) is 0 Å². The molecule has 1 aliphatic rings. The maximum atomic E-state index is 9.56. The van der Waals surface area contributed by atoms with Gasteiger partial charge in [-0.15, -0.1) is 0 Å². The molecule has 0 amide bonds. The Morgan fingerprint density at radius 3 is 2.40 bits per heavy atom. The summed E-state index contributed by atoms with van der Waals surface area (Å²) in [5, 5.41) is 19.1. The molecule has 0 heterocycles. The first-order valence-corrected chi connectivity index (χ1v) is 9.88. The summed E-state index contributed by atoms with van der Waals surface area (Å²) in [4.78, 5) is 0. The first-order chi connectivity index (χ1) is 12.1. The standard InChI is InChI=1S/C21H35NO3/c1-2-3-4-5-6-13-25-20-12-9-17-7-10-19(11-8-18(17)14-20)21(22,15-23)16-24/h9,12,14,19,23-24H,2-8,10-11,13,15-16,22H2,1H3. The molecule has 25 heavy (non-hydrogen) atoms. The molecule has 0 bridgehead atoms. The van der Waals surface area contributed by atoms with E-state index in [4.69, 9.17) is 10.5 Å². The van der Waals surface area contributed by atoms with Crippen LogP contribution in [0.4, 0.5) is 0 Å². The number of aliphatic hydroxyl groups is 2. The molecule has 0 aromatic heterocycles. The molecule has 1 atom stereocenters. The zero-order chi connectivity index (χ0) is 18.1. The van der Waals surface area contributed by atoms with Crippen molar-refractivity contribution in [1.29, 1.82) is 0 Å². The second-order valence-electron chi connectivity index (χ2n) is 7.52. The van der Waals surface area contributed by atoms with E-state index in [-0.39, 0.29) is 19.1 Å². The third-order valence-electron chi connectivity index (χ3n) is 5.62. The van der Waals surface area contributed by atoms with Crippen LogP contribution in [0.25, 0.3) is 0 Å². The Kier molecular flexibility index (Phi) is 8.20. The highest BCUT2D eigenvalue weighted by atomic mass is 16.5. The number of aryl methyl sites for hydroxylation is 2. The van der Waals surface area contributed by atoms with Crippen LogP contribution in [0.2, 0.25) is 0 Å². The van der Waals surface area contributed by atoms with Crippen molar-refractivity contribution in [2.75, 3.05) is 19.8 Å². The predicted octanol–water partition coefficient (Wildman–Crippen LogP) is 3.21. The average molecular weight is 350 g/mol. The summed E-state index contributed by atoms with van der Waals surface area (Å²) >= 11 is 0. The molecule has 1 unspecified atom stereocenters. The van der Waals surface area contributed by atoms with E-state index in [1.165, 1.54) is 36.8 Å². The first kappa shape index (κ1) is 20.2. The molecule has 142 valence electrons. The minimum Gasteiger partial charge on any atom is -0.494 e. The van der Waals surface area contributed by atoms with Gasteiger partial charge in [0.05, 0.1) is 25.4 Å². The highest BCUT2D eigenvalue weighted by molar-refractivity contribution is 5.36. The van der Waals surface area contributed by atoms with E-state index in [0.29, 0.717) is 0 Å². The highest BCUT2D eigenvalue weighted by Gasteiger charge is 2.34. The van der Waals surface area contributed by atoms with E-state index in [1.807, 2.05) is 0 Å². The van der Waals surface area contributed by atoms with Gasteiger partial charge in [-0.05, 0) is 61.3 Å². The molecule has 4 heteroatoms. The van der Waals surface area contributed by atoms with Crippen molar-refractivity contribution in [3.63, 3.8) is 0 Å². The van der Waals surface area contributed by atoms with Crippen molar-refractivity contribution >= 4 is 0 Å². The molecular formula is C21H35NO3. The molecule has 4 nitrogen and oxygen atoms in total. The molecule has 1 aliphatic carbocycles. The molecule has 2 rings (SSSR count). The molecule has 1 aromatic carbocycles. The van der Waals surface area contributed by atoms with Gasteiger partial charge in [-0.1, -0.05) is 38.7 Å². The lowest BCUT2D eigenvalue weighted by atomic mass is 9.80. The predicted molar refractivity (Wildman–Crippen MR) is 102 cm³/mol. The number of hydrogen-bond acceptors (Lipinski definition) is 4. The van der Waals surface area contributed by atoms with Gasteiger partial charge in [0.25, 0.3) is 0 Å². The van der Waals surface area contributed by atoms with Crippen LogP contribution in [0, 0.1) is 5.92 Å². The summed E-state index contributed by atoms with van der Waals surface area (Å²) in [5.41, 5.74) is 7.99. The largest absolute Gasteiger partial charge is 0.494 e. The number of fused-ring (bicyclic) bond motifs is 1. The van der Waals surface area contributed by atoms with Crippen LogP contribution in [0.5, 0.6) is 5.75 Å². The summed E-state index contributed by atoms with van der Waals surface area (Å²) < 4.78 is 5.92. The zero-order valence-corrected chi connectivity index (χ0v) is 15.7. The number of unbranched alkanes of at least 4 members (excludes halogenated alkanes) is 4. The van der Waals surface area contributed by atoms with Crippen LogP contribution < -0.4 is 10.5 Å². The van der Waals surface area contributed by atoms with Gasteiger partial charge in [0.2, 0.25) is 0 Å². The third kappa shape index (κ3) is 5.70. The third-order valence-corrected chi connectivity index (χ3v) is 5.62. The van der Waals surface area contributed by atoms with E-state index in [1.54, 1.807) is 0 Å². The van der Waals surface area contributed by atoms with Crippen molar-refractivity contribution in [3.8, 4) is 5.75 Å². The molecule has 0 radical (unpaired) electrons. The van der Waals surface area contributed by atoms with Gasteiger partial charge in [-0.3, -0.25) is 0 Å². The van der Waals surface area contributed by atoms with Crippen LogP contribution in [0.1, 0.15) is 63.0 Å². The lowest BCUT2D eigenvalue weighted by Gasteiger charge is -2.33. The van der Waals surface area contributed by atoms with Gasteiger partial charge in [0.1, 0.15) is 5.75 Å². The Bertz CT molecular complexity index is 514. The Labute approximate surface area is 152 Å². The van der Waals surface area contributed by atoms with Gasteiger partial charge in [-0.25, -0.2) is 0 Å². The van der Waals surface area contributed by atoms with Crippen LogP contribution in [0.3, 0.4) is 0 Å². The van der Waals surface area contributed by atoms with Crippen LogP contribution in [-0.2, 0) is 12.8 Å². The van der Waals surface area contributed by atoms with Gasteiger partial charge in [0.15, 0.2) is 0 Å². The van der Waals surface area contributed by atoms with Crippen LogP contribution in [-0.4, -0.2) is 35.6 Å². The number of ether oxygens (including phenoxy) is 1. The first-order valence-electron chi connectivity index (χ1n) is 9.88. The van der Waals surface area contributed by atoms with Crippen LogP contribution in [0.15, 0.2) is 18.2 Å². The Hall–Kier alpha value is -1.10. The Morgan fingerprint density at radius 1 is 1.04 bits per heavy atom. The van der Waals surface area contributed by atoms with Crippen molar-refractivity contribution in [1.82, 2.24) is 0 Å². The smallest absolute Gasteiger partial charge is 0.119 e. The van der Waals surface area contributed by atoms with Crippen LogP contribution >= 0.6 is 0 Å². The number of aliphatic hydroxyl groups excluding tert-OH is 2. The zero-order valence-electron chi connectivity index (χ0n) is 15.7. The molecular weight excluding hydrogens is 314 g/mol. The number of benzene rings is 1. The molecule has 0 spiro atoms. The van der Waals surface area contributed by atoms with Gasteiger partial charge < -0.3 is 20.7 Å². The summed E-state index contributed by atoms with van der Waals surface area (Å²) in [6.45, 7) is 2.67. The van der Waals surface area contributed by atoms with E-state index in [9.17, 15) is 10.2 Å². The van der Waals surface area contributed by atoms with Crippen molar-refractivity contribution in [2.24, 2.45) is 11.7 Å². The number of nitrogens with two attached hydrogens (primary N) is 1. The maximum Gasteiger partial charge on any atom is 0.119 e. The second-order valence-corrected chi connectivity index (χ2v) is 7.52. The SMILES string of the molecule is CCCCCCCOc1ccc2c(c1)CCC(C(N)(CO)CO)CC2. The normalized spacial score (nSPS) is 17.8. The lowest BCUT2D eigenvalue weighted by Crippen LogP contribution is -2.53. The molecule has 0 fully saturated rings. The Balaban J connectivity index is 1.88. The average Bonchev–Trinajstić information content (AvgIpc) is 2.86.